The zero-order chi connectivity index (χ0) is 20.4. The Balaban J connectivity index is 2.59. The molecule has 0 saturated carbocycles. The van der Waals surface area contributed by atoms with Crippen molar-refractivity contribution in [2.45, 2.75) is 57.6 Å². The summed E-state index contributed by atoms with van der Waals surface area (Å²) in [6.07, 6.45) is -0.435. The molecule has 1 heterocycles. The van der Waals surface area contributed by atoms with Crippen molar-refractivity contribution in [3.8, 4) is 0 Å². The first-order valence-corrected chi connectivity index (χ1v) is 10.3. The van der Waals surface area contributed by atoms with Crippen LogP contribution in [0.15, 0.2) is 33.5 Å². The van der Waals surface area contributed by atoms with Crippen LogP contribution in [0.1, 0.15) is 39.7 Å². The molecule has 27 heavy (non-hydrogen) atoms. The van der Waals surface area contributed by atoms with E-state index in [1.54, 1.807) is 45.0 Å². The van der Waals surface area contributed by atoms with E-state index < -0.39 is 33.6 Å². The molecule has 1 aliphatic rings. The Hall–Kier alpha value is -1.93. The molecule has 7 nitrogen and oxygen atoms in total. The molecule has 1 fully saturated rings. The maximum absolute atomic E-state index is 14.0. The molecule has 0 unspecified atom stereocenters. The molecule has 8 heteroatoms. The summed E-state index contributed by atoms with van der Waals surface area (Å²) < 4.78 is 29.6. The summed E-state index contributed by atoms with van der Waals surface area (Å²) in [5, 5.41) is 0. The van der Waals surface area contributed by atoms with E-state index in [1.807, 2.05) is 13.8 Å². The summed E-state index contributed by atoms with van der Waals surface area (Å²) in [6, 6.07) is 6.20. The summed E-state index contributed by atoms with van der Waals surface area (Å²) in [5.41, 5.74) is 0.214. The summed E-state index contributed by atoms with van der Waals surface area (Å²) in [6.45, 7) is 9.36. The minimum absolute atomic E-state index is 0.106. The second kappa shape index (κ2) is 7.98. The Morgan fingerprint density at radius 2 is 1.81 bits per heavy atom. The minimum atomic E-state index is -3.39. The monoisotopic (exact) mass is 396 g/mol. The first-order chi connectivity index (χ1) is 12.5. The largest absolute Gasteiger partial charge is 0.468 e. The lowest BCUT2D eigenvalue weighted by atomic mass is 10.1. The molecule has 1 aliphatic heterocycles. The third-order valence-electron chi connectivity index (χ3n) is 4.18. The number of methoxy groups -OCH3 is 1. The molecule has 1 aromatic carbocycles. The van der Waals surface area contributed by atoms with Crippen LogP contribution in [0.5, 0.6) is 0 Å². The van der Waals surface area contributed by atoms with Gasteiger partial charge < -0.3 is 9.47 Å². The summed E-state index contributed by atoms with van der Waals surface area (Å²) in [4.78, 5) is 25.0. The van der Waals surface area contributed by atoms with Crippen molar-refractivity contribution in [2.75, 3.05) is 13.7 Å². The molecule has 3 atom stereocenters. The van der Waals surface area contributed by atoms with Gasteiger partial charge in [0.05, 0.1) is 12.0 Å². The lowest BCUT2D eigenvalue weighted by Crippen LogP contribution is -2.41. The van der Waals surface area contributed by atoms with Crippen LogP contribution in [0.4, 0.5) is 4.79 Å². The summed E-state index contributed by atoms with van der Waals surface area (Å²) in [5.74, 6) is -0.382. The highest BCUT2D eigenvalue weighted by Gasteiger charge is 2.42. The number of hydrogen-bond donors (Lipinski definition) is 0. The Labute approximate surface area is 161 Å². The highest BCUT2D eigenvalue weighted by atomic mass is 32.2. The number of carbonyl (C=O) groups is 2. The Morgan fingerprint density at radius 3 is 2.33 bits per heavy atom. The number of nitrogens with zero attached hydrogens (tertiary/aromatic N) is 2. The molecule has 0 bridgehead atoms. The summed E-state index contributed by atoms with van der Waals surface area (Å²) >= 11 is 0. The fourth-order valence-electron chi connectivity index (χ4n) is 2.97. The van der Waals surface area contributed by atoms with Crippen LogP contribution in [0, 0.1) is 12.8 Å². The van der Waals surface area contributed by atoms with Crippen molar-refractivity contribution in [2.24, 2.45) is 10.3 Å². The standard InChI is InChI=1S/C19H28N2O5S/c1-13-7-9-15(10-8-13)27(24,20-18(23)26-19(3,4)5)21-12-14(2)11-16(21)17(22)25-6/h7-10,14,16H,11-12H2,1-6H3/t14-,16-,27-/m0/s1. The number of carbonyl (C=O) groups excluding carboxylic acids is 2. The van der Waals surface area contributed by atoms with Crippen LogP contribution >= 0.6 is 0 Å². The van der Waals surface area contributed by atoms with E-state index in [4.69, 9.17) is 9.47 Å². The fourth-order valence-corrected chi connectivity index (χ4v) is 5.15. The Bertz CT molecular complexity index is 819. The molecule has 2 rings (SSSR count). The molecule has 150 valence electrons. The van der Waals surface area contributed by atoms with Gasteiger partial charge in [-0.1, -0.05) is 24.6 Å². The van der Waals surface area contributed by atoms with Gasteiger partial charge in [0.15, 0.2) is 9.92 Å². The van der Waals surface area contributed by atoms with Crippen molar-refractivity contribution in [3.05, 3.63) is 29.8 Å². The maximum atomic E-state index is 14.0. The van der Waals surface area contributed by atoms with E-state index >= 15 is 0 Å². The normalized spacial score (nSPS) is 22.7. The number of hydrogen-bond acceptors (Lipinski definition) is 5. The van der Waals surface area contributed by atoms with Gasteiger partial charge in [-0.25, -0.2) is 9.00 Å². The quantitative estimate of drug-likeness (QED) is 0.729. The molecule has 1 saturated heterocycles. The number of aryl methyl sites for hydroxylation is 1. The first-order valence-electron chi connectivity index (χ1n) is 8.87. The van der Waals surface area contributed by atoms with Gasteiger partial charge in [-0.05, 0) is 52.2 Å². The van der Waals surface area contributed by atoms with Crippen LogP contribution in [0.3, 0.4) is 0 Å². The van der Waals surface area contributed by atoms with Crippen molar-refractivity contribution < 1.29 is 23.3 Å². The van der Waals surface area contributed by atoms with E-state index in [0.717, 1.165) is 5.56 Å². The van der Waals surface area contributed by atoms with Crippen LogP contribution < -0.4 is 0 Å². The second-order valence-corrected chi connectivity index (χ2v) is 9.98. The molecular weight excluding hydrogens is 368 g/mol. The number of rotatable bonds is 3. The number of amides is 1. The van der Waals surface area contributed by atoms with E-state index in [-0.39, 0.29) is 5.92 Å². The predicted molar refractivity (Wildman–Crippen MR) is 103 cm³/mol. The van der Waals surface area contributed by atoms with Crippen LogP contribution in [-0.2, 0) is 24.2 Å². The average molecular weight is 397 g/mol. The number of ether oxygens (including phenoxy) is 2. The topological polar surface area (TPSA) is 85.3 Å². The predicted octanol–water partition coefficient (Wildman–Crippen LogP) is 3.56. The van der Waals surface area contributed by atoms with E-state index in [1.165, 1.54) is 11.4 Å². The lowest BCUT2D eigenvalue weighted by molar-refractivity contribution is -0.144. The van der Waals surface area contributed by atoms with Gasteiger partial charge in [-0.15, -0.1) is 4.36 Å². The van der Waals surface area contributed by atoms with Gasteiger partial charge in [0.25, 0.3) is 0 Å². The van der Waals surface area contributed by atoms with Crippen molar-refractivity contribution in [3.63, 3.8) is 0 Å². The smallest absolute Gasteiger partial charge is 0.443 e. The van der Waals surface area contributed by atoms with Gasteiger partial charge in [-0.3, -0.25) is 4.79 Å². The van der Waals surface area contributed by atoms with Gasteiger partial charge >= 0.3 is 12.1 Å². The van der Waals surface area contributed by atoms with Gasteiger partial charge in [0.1, 0.15) is 11.6 Å². The molecule has 0 spiro atoms. The van der Waals surface area contributed by atoms with Gasteiger partial charge in [0.2, 0.25) is 0 Å². The Morgan fingerprint density at radius 1 is 1.22 bits per heavy atom. The van der Waals surface area contributed by atoms with Crippen LogP contribution in [0.2, 0.25) is 0 Å². The second-order valence-electron chi connectivity index (χ2n) is 7.86. The highest BCUT2D eigenvalue weighted by Crippen LogP contribution is 2.32. The van der Waals surface area contributed by atoms with Gasteiger partial charge in [-0.2, -0.15) is 4.31 Å². The minimum Gasteiger partial charge on any atom is -0.468 e. The molecule has 0 aliphatic carbocycles. The summed E-state index contributed by atoms with van der Waals surface area (Å²) in [7, 11) is -2.09. The zero-order valence-electron chi connectivity index (χ0n) is 16.7. The van der Waals surface area contributed by atoms with Crippen molar-refractivity contribution >= 4 is 22.0 Å². The third kappa shape index (κ3) is 5.07. The van der Waals surface area contributed by atoms with E-state index in [9.17, 15) is 13.8 Å². The zero-order valence-corrected chi connectivity index (χ0v) is 17.5. The lowest BCUT2D eigenvalue weighted by Gasteiger charge is -2.26. The third-order valence-corrected chi connectivity index (χ3v) is 6.50. The number of esters is 1. The van der Waals surface area contributed by atoms with Crippen molar-refractivity contribution in [1.82, 2.24) is 4.31 Å². The van der Waals surface area contributed by atoms with Crippen molar-refractivity contribution in [1.29, 1.82) is 0 Å². The SMILES string of the molecule is COC(=O)[C@@H]1C[C@H](C)CN1[S@@](=O)(=NC(=O)OC(C)(C)C)c1ccc(C)cc1. The maximum Gasteiger partial charge on any atom is 0.443 e. The fraction of sp³-hybridized carbons (Fsp3) is 0.579. The first kappa shape index (κ1) is 21.4. The molecule has 0 radical (unpaired) electrons. The number of benzene rings is 1. The highest BCUT2D eigenvalue weighted by molar-refractivity contribution is 7.91. The molecule has 1 aromatic rings. The Kier molecular flexibility index (Phi) is 6.32. The van der Waals surface area contributed by atoms with E-state index in [2.05, 4.69) is 4.36 Å². The van der Waals surface area contributed by atoms with Gasteiger partial charge in [0, 0.05) is 6.54 Å². The molecular formula is C19H28N2O5S. The molecule has 0 aromatic heterocycles. The molecule has 0 N–H and O–H groups in total. The van der Waals surface area contributed by atoms with Crippen LogP contribution in [0.25, 0.3) is 0 Å². The van der Waals surface area contributed by atoms with Crippen LogP contribution in [-0.4, -0.2) is 45.9 Å². The molecule has 1 amide bonds. The van der Waals surface area contributed by atoms with E-state index in [0.29, 0.717) is 17.9 Å². The average Bonchev–Trinajstić information content (AvgIpc) is 2.95.